The van der Waals surface area contributed by atoms with Gasteiger partial charge in [0.2, 0.25) is 5.91 Å². The van der Waals surface area contributed by atoms with Crippen molar-refractivity contribution in [3.05, 3.63) is 83.4 Å². The Hall–Kier alpha value is -3.16. The van der Waals surface area contributed by atoms with Crippen molar-refractivity contribution in [1.29, 1.82) is 0 Å². The van der Waals surface area contributed by atoms with Crippen molar-refractivity contribution in [2.45, 2.75) is 18.5 Å². The lowest BCUT2D eigenvalue weighted by Crippen LogP contribution is -2.45. The quantitative estimate of drug-likeness (QED) is 0.623. The molecule has 1 aromatic heterocycles. The van der Waals surface area contributed by atoms with Gasteiger partial charge in [-0.25, -0.2) is 10.4 Å². The molecular weight excluding hydrogens is 378 g/mol. The summed E-state index contributed by atoms with van der Waals surface area (Å²) in [5.41, 5.74) is 10.7. The third-order valence-electron chi connectivity index (χ3n) is 6.10. The second-order valence-electron chi connectivity index (χ2n) is 7.74. The number of nitrogens with one attached hydrogen (secondary N) is 3. The highest BCUT2D eigenvalue weighted by Gasteiger charge is 2.41. The predicted molar refractivity (Wildman–Crippen MR) is 113 cm³/mol. The first-order valence-corrected chi connectivity index (χ1v) is 10.3. The topological polar surface area (TPSA) is 82.3 Å². The number of aromatic nitrogens is 2. The lowest BCUT2D eigenvalue weighted by atomic mass is 9.90. The number of amides is 1. The fourth-order valence-corrected chi connectivity index (χ4v) is 4.55. The number of nitrogens with zero attached hydrogens (tertiary/aromatic N) is 2. The molecule has 7 nitrogen and oxygen atoms in total. The molecule has 7 heteroatoms. The van der Waals surface area contributed by atoms with Crippen molar-refractivity contribution in [3.8, 4) is 5.75 Å². The smallest absolute Gasteiger partial charge is 0.229 e. The van der Waals surface area contributed by atoms with E-state index in [1.54, 1.807) is 13.4 Å². The van der Waals surface area contributed by atoms with E-state index in [0.29, 0.717) is 13.1 Å². The summed E-state index contributed by atoms with van der Waals surface area (Å²) in [6.07, 6.45) is 2.50. The van der Waals surface area contributed by atoms with E-state index in [9.17, 15) is 4.79 Å². The first-order valence-electron chi connectivity index (χ1n) is 10.3. The van der Waals surface area contributed by atoms with Crippen LogP contribution in [0.4, 0.5) is 0 Å². The van der Waals surface area contributed by atoms with Crippen molar-refractivity contribution in [1.82, 2.24) is 25.7 Å². The molecule has 2 aromatic carbocycles. The minimum atomic E-state index is -0.213. The van der Waals surface area contributed by atoms with Gasteiger partial charge < -0.3 is 14.6 Å². The summed E-state index contributed by atoms with van der Waals surface area (Å²) in [6.45, 7) is 1.25. The zero-order valence-corrected chi connectivity index (χ0v) is 16.8. The molecule has 3 unspecified atom stereocenters. The zero-order chi connectivity index (χ0) is 20.5. The number of carbonyl (C=O) groups excluding carboxylic acids is 1. The molecule has 0 spiro atoms. The molecule has 0 bridgehead atoms. The fraction of sp³-hybridized carbons (Fsp3) is 0.304. The zero-order valence-electron chi connectivity index (χ0n) is 16.8. The summed E-state index contributed by atoms with van der Waals surface area (Å²) in [6, 6.07) is 17.8. The summed E-state index contributed by atoms with van der Waals surface area (Å²) in [7, 11) is 1.65. The van der Waals surface area contributed by atoms with Crippen molar-refractivity contribution < 1.29 is 9.53 Å². The normalized spacial score (nSPS) is 23.2. The molecule has 3 atom stereocenters. The van der Waals surface area contributed by atoms with Gasteiger partial charge in [-0.15, -0.1) is 0 Å². The number of rotatable bonds is 4. The van der Waals surface area contributed by atoms with Crippen LogP contribution in [-0.2, 0) is 11.2 Å². The van der Waals surface area contributed by atoms with E-state index < -0.39 is 0 Å². The number of carbonyl (C=O) groups is 1. The van der Waals surface area contributed by atoms with E-state index in [1.807, 2.05) is 47.4 Å². The number of ether oxygens (including phenoxy) is 1. The monoisotopic (exact) mass is 403 g/mol. The Labute approximate surface area is 175 Å². The van der Waals surface area contributed by atoms with Crippen molar-refractivity contribution >= 4 is 5.91 Å². The van der Waals surface area contributed by atoms with Gasteiger partial charge in [-0.05, 0) is 23.3 Å². The van der Waals surface area contributed by atoms with Gasteiger partial charge in [0.05, 0.1) is 31.1 Å². The first-order chi connectivity index (χ1) is 14.8. The summed E-state index contributed by atoms with van der Waals surface area (Å²) in [4.78, 5) is 23.6. The molecule has 2 aliphatic heterocycles. The third kappa shape index (κ3) is 3.26. The number of hydrogen-bond donors (Lipinski definition) is 3. The number of benzene rings is 2. The molecule has 3 N–H and O–H groups in total. The number of imidazole rings is 1. The number of hydrazine groups is 1. The Morgan fingerprint density at radius 3 is 2.67 bits per heavy atom. The van der Waals surface area contributed by atoms with Crippen LogP contribution in [0.5, 0.6) is 5.75 Å². The Balaban J connectivity index is 1.49. The lowest BCUT2D eigenvalue weighted by Gasteiger charge is -2.37. The van der Waals surface area contributed by atoms with Crippen LogP contribution < -0.4 is 15.6 Å². The number of fused-ring (bicyclic) bond motifs is 1. The van der Waals surface area contributed by atoms with E-state index in [4.69, 9.17) is 4.74 Å². The van der Waals surface area contributed by atoms with E-state index in [-0.39, 0.29) is 23.9 Å². The van der Waals surface area contributed by atoms with Gasteiger partial charge in [0, 0.05) is 25.2 Å². The summed E-state index contributed by atoms with van der Waals surface area (Å²) in [5, 5.41) is 0. The number of hydrogen-bond acceptors (Lipinski definition) is 5. The molecule has 154 valence electrons. The van der Waals surface area contributed by atoms with Crippen LogP contribution >= 0.6 is 0 Å². The molecule has 1 fully saturated rings. The van der Waals surface area contributed by atoms with Crippen LogP contribution in [0.3, 0.4) is 0 Å². The Kier molecular flexibility index (Phi) is 4.98. The average molecular weight is 403 g/mol. The average Bonchev–Trinajstić information content (AvgIpc) is 3.48. The minimum Gasteiger partial charge on any atom is -0.497 e. The van der Waals surface area contributed by atoms with Gasteiger partial charge in [0.15, 0.2) is 0 Å². The third-order valence-corrected chi connectivity index (χ3v) is 6.10. The van der Waals surface area contributed by atoms with Gasteiger partial charge in [0.1, 0.15) is 11.8 Å². The number of H-pyrrole nitrogens is 1. The molecular formula is C23H25N5O2. The predicted octanol–water partition coefficient (Wildman–Crippen LogP) is 2.36. The van der Waals surface area contributed by atoms with Crippen LogP contribution in [-0.4, -0.2) is 41.0 Å². The Bertz CT molecular complexity index is 1020. The molecule has 0 saturated carbocycles. The summed E-state index contributed by atoms with van der Waals surface area (Å²) >= 11 is 0. The van der Waals surface area contributed by atoms with Crippen LogP contribution in [0, 0.1) is 5.92 Å². The van der Waals surface area contributed by atoms with Crippen molar-refractivity contribution in [3.63, 3.8) is 0 Å². The molecule has 5 rings (SSSR count). The lowest BCUT2D eigenvalue weighted by molar-refractivity contribution is -0.137. The van der Waals surface area contributed by atoms with E-state index >= 15 is 0 Å². The maximum absolute atomic E-state index is 13.8. The molecule has 2 aliphatic rings. The van der Waals surface area contributed by atoms with Gasteiger partial charge in [-0.2, -0.15) is 0 Å². The van der Waals surface area contributed by atoms with Crippen LogP contribution in [0.25, 0.3) is 0 Å². The molecule has 0 radical (unpaired) electrons. The summed E-state index contributed by atoms with van der Waals surface area (Å²) < 4.78 is 5.31. The highest BCUT2D eigenvalue weighted by atomic mass is 16.5. The molecule has 3 aromatic rings. The SMILES string of the molecule is COc1ccc(C2c3nc[nH]c3CCN2C(=O)C2CNNC2c2ccccc2)cc1. The van der Waals surface area contributed by atoms with Crippen LogP contribution in [0.15, 0.2) is 60.9 Å². The highest BCUT2D eigenvalue weighted by molar-refractivity contribution is 5.81. The largest absolute Gasteiger partial charge is 0.497 e. The Morgan fingerprint density at radius 2 is 1.90 bits per heavy atom. The van der Waals surface area contributed by atoms with Crippen LogP contribution in [0.2, 0.25) is 0 Å². The molecule has 30 heavy (non-hydrogen) atoms. The molecule has 1 saturated heterocycles. The van der Waals surface area contributed by atoms with Gasteiger partial charge >= 0.3 is 0 Å². The van der Waals surface area contributed by atoms with Gasteiger partial charge in [0.25, 0.3) is 0 Å². The van der Waals surface area contributed by atoms with Crippen molar-refractivity contribution in [2.24, 2.45) is 5.92 Å². The number of methoxy groups -OCH3 is 1. The van der Waals surface area contributed by atoms with E-state index in [2.05, 4.69) is 33.0 Å². The maximum atomic E-state index is 13.8. The minimum absolute atomic E-state index is 0.0594. The standard InChI is InChI=1S/C23H25N5O2/c1-30-17-9-7-16(8-10-17)22-21-19(24-14-25-21)11-12-28(22)23(29)18-13-26-27-20(18)15-5-3-2-4-6-15/h2-10,14,18,20,22,26-27H,11-13H2,1H3,(H,24,25). The van der Waals surface area contributed by atoms with E-state index in [0.717, 1.165) is 34.7 Å². The molecule has 0 aliphatic carbocycles. The maximum Gasteiger partial charge on any atom is 0.229 e. The van der Waals surface area contributed by atoms with Crippen LogP contribution in [0.1, 0.15) is 34.6 Å². The number of aromatic amines is 1. The second kappa shape index (κ2) is 7.93. The highest BCUT2D eigenvalue weighted by Crippen LogP contribution is 2.37. The van der Waals surface area contributed by atoms with Crippen molar-refractivity contribution in [2.75, 3.05) is 20.2 Å². The Morgan fingerprint density at radius 1 is 1.10 bits per heavy atom. The van der Waals surface area contributed by atoms with E-state index in [1.165, 1.54) is 0 Å². The second-order valence-corrected chi connectivity index (χ2v) is 7.74. The molecule has 1 amide bonds. The fourth-order valence-electron chi connectivity index (χ4n) is 4.55. The summed E-state index contributed by atoms with van der Waals surface area (Å²) in [5.74, 6) is 0.743. The first kappa shape index (κ1) is 18.8. The van der Waals surface area contributed by atoms with Gasteiger partial charge in [-0.3, -0.25) is 10.2 Å². The van der Waals surface area contributed by atoms with Gasteiger partial charge in [-0.1, -0.05) is 42.5 Å². The molecule has 3 heterocycles.